The normalized spacial score (nSPS) is 19.0. The number of likely N-dealkylation sites (N-methyl/N-ethyl adjacent to an activating group) is 1. The van der Waals surface area contributed by atoms with Gasteiger partial charge < -0.3 is 25.4 Å². The van der Waals surface area contributed by atoms with E-state index in [9.17, 15) is 14.7 Å². The predicted molar refractivity (Wildman–Crippen MR) is 79.3 cm³/mol. The Hall–Kier alpha value is -1.34. The highest BCUT2D eigenvalue weighted by Gasteiger charge is 2.41. The van der Waals surface area contributed by atoms with Crippen LogP contribution in [0, 0.1) is 0 Å². The van der Waals surface area contributed by atoms with Crippen LogP contribution in [-0.4, -0.2) is 66.4 Å². The van der Waals surface area contributed by atoms with Crippen LogP contribution in [0.5, 0.6) is 0 Å². The lowest BCUT2D eigenvalue weighted by Gasteiger charge is -2.34. The first-order valence-corrected chi connectivity index (χ1v) is 7.55. The molecule has 0 spiro atoms. The largest absolute Gasteiger partial charge is 0.480 e. The van der Waals surface area contributed by atoms with Gasteiger partial charge in [0, 0.05) is 38.6 Å². The minimum atomic E-state index is -1.21. The zero-order chi connectivity index (χ0) is 15.9. The second-order valence-corrected chi connectivity index (χ2v) is 5.48. The zero-order valence-electron chi connectivity index (χ0n) is 13.1. The van der Waals surface area contributed by atoms with Crippen LogP contribution in [0.15, 0.2) is 0 Å². The summed E-state index contributed by atoms with van der Waals surface area (Å²) in [6.07, 6.45) is 0.584. The van der Waals surface area contributed by atoms with Crippen molar-refractivity contribution in [3.63, 3.8) is 0 Å². The fourth-order valence-corrected chi connectivity index (χ4v) is 2.50. The van der Waals surface area contributed by atoms with Gasteiger partial charge in [-0.3, -0.25) is 0 Å². The monoisotopic (exact) mass is 301 g/mol. The average Bonchev–Trinajstić information content (AvgIpc) is 2.45. The van der Waals surface area contributed by atoms with Gasteiger partial charge in [-0.25, -0.2) is 9.59 Å². The average molecular weight is 301 g/mol. The van der Waals surface area contributed by atoms with E-state index in [2.05, 4.69) is 29.4 Å². The lowest BCUT2D eigenvalue weighted by atomic mass is 9.90. The van der Waals surface area contributed by atoms with Crippen LogP contribution in [0.4, 0.5) is 4.79 Å². The molecule has 1 saturated heterocycles. The lowest BCUT2D eigenvalue weighted by molar-refractivity contribution is -0.148. The smallest absolute Gasteiger partial charge is 0.329 e. The van der Waals surface area contributed by atoms with Crippen LogP contribution in [0.3, 0.4) is 0 Å². The summed E-state index contributed by atoms with van der Waals surface area (Å²) in [5.41, 5.74) is -1.21. The maximum Gasteiger partial charge on any atom is 0.329 e. The molecule has 2 amide bonds. The number of carboxylic acids is 1. The van der Waals surface area contributed by atoms with E-state index in [0.29, 0.717) is 26.1 Å². The topological polar surface area (TPSA) is 90.9 Å². The molecular formula is C14H27N3O4. The van der Waals surface area contributed by atoms with E-state index >= 15 is 0 Å². The van der Waals surface area contributed by atoms with Crippen LogP contribution in [0.1, 0.15) is 33.6 Å². The van der Waals surface area contributed by atoms with Gasteiger partial charge in [-0.1, -0.05) is 13.8 Å². The molecule has 1 aliphatic heterocycles. The van der Waals surface area contributed by atoms with Gasteiger partial charge in [0.2, 0.25) is 0 Å². The van der Waals surface area contributed by atoms with Crippen LogP contribution < -0.4 is 10.6 Å². The third kappa shape index (κ3) is 5.17. The SMILES string of the molecule is CCN(CC)CC(C)NC(=O)NC1(C(=O)O)CCOCC1. The molecule has 0 radical (unpaired) electrons. The molecule has 122 valence electrons. The summed E-state index contributed by atoms with van der Waals surface area (Å²) in [5, 5.41) is 14.8. The highest BCUT2D eigenvalue weighted by molar-refractivity contribution is 5.86. The molecule has 1 atom stereocenters. The van der Waals surface area contributed by atoms with Crippen LogP contribution in [-0.2, 0) is 9.53 Å². The van der Waals surface area contributed by atoms with Crippen LogP contribution in [0.25, 0.3) is 0 Å². The number of aliphatic carboxylic acids is 1. The molecule has 0 aliphatic carbocycles. The third-order valence-corrected chi connectivity index (χ3v) is 3.91. The van der Waals surface area contributed by atoms with Crippen molar-refractivity contribution in [2.75, 3.05) is 32.8 Å². The first kappa shape index (κ1) is 17.7. The minimum Gasteiger partial charge on any atom is -0.480 e. The molecule has 3 N–H and O–H groups in total. The summed E-state index contributed by atoms with van der Waals surface area (Å²) in [6.45, 7) is 9.32. The number of amides is 2. The summed E-state index contributed by atoms with van der Waals surface area (Å²) in [4.78, 5) is 25.7. The molecule has 1 fully saturated rings. The molecule has 7 nitrogen and oxygen atoms in total. The van der Waals surface area contributed by atoms with Gasteiger partial charge >= 0.3 is 12.0 Å². The van der Waals surface area contributed by atoms with E-state index in [1.165, 1.54) is 0 Å². The van der Waals surface area contributed by atoms with E-state index in [-0.39, 0.29) is 6.04 Å². The van der Waals surface area contributed by atoms with Crippen molar-refractivity contribution in [1.29, 1.82) is 0 Å². The molecule has 1 unspecified atom stereocenters. The molecule has 0 saturated carbocycles. The van der Waals surface area contributed by atoms with Gasteiger partial charge in [-0.05, 0) is 20.0 Å². The van der Waals surface area contributed by atoms with E-state index in [4.69, 9.17) is 4.74 Å². The highest BCUT2D eigenvalue weighted by atomic mass is 16.5. The quantitative estimate of drug-likeness (QED) is 0.642. The van der Waals surface area contributed by atoms with Gasteiger partial charge in [0.1, 0.15) is 5.54 Å². The Bertz CT molecular complexity index is 352. The third-order valence-electron chi connectivity index (χ3n) is 3.91. The van der Waals surface area contributed by atoms with Crippen molar-refractivity contribution < 1.29 is 19.4 Å². The Balaban J connectivity index is 2.52. The lowest BCUT2D eigenvalue weighted by Crippen LogP contribution is -2.61. The first-order valence-electron chi connectivity index (χ1n) is 7.55. The maximum absolute atomic E-state index is 12.0. The standard InChI is InChI=1S/C14H27N3O4/c1-4-17(5-2)10-11(3)15-13(20)16-14(12(18)19)6-8-21-9-7-14/h11H,4-10H2,1-3H3,(H,18,19)(H2,15,16,20). The molecule has 0 aromatic rings. The number of urea groups is 1. The van der Waals surface area contributed by atoms with E-state index < -0.39 is 17.5 Å². The van der Waals surface area contributed by atoms with Crippen molar-refractivity contribution >= 4 is 12.0 Å². The molecule has 21 heavy (non-hydrogen) atoms. The maximum atomic E-state index is 12.0. The van der Waals surface area contributed by atoms with Crippen molar-refractivity contribution in [1.82, 2.24) is 15.5 Å². The second kappa shape index (κ2) is 8.19. The second-order valence-electron chi connectivity index (χ2n) is 5.48. The van der Waals surface area contributed by atoms with Crippen molar-refractivity contribution in [2.24, 2.45) is 0 Å². The number of rotatable bonds is 7. The first-order chi connectivity index (χ1) is 9.93. The molecule has 1 aliphatic rings. The van der Waals surface area contributed by atoms with Gasteiger partial charge in [0.05, 0.1) is 0 Å². The summed E-state index contributed by atoms with van der Waals surface area (Å²) >= 11 is 0. The van der Waals surface area contributed by atoms with Crippen LogP contribution >= 0.6 is 0 Å². The number of carbonyl (C=O) groups is 2. The van der Waals surface area contributed by atoms with E-state index in [0.717, 1.165) is 19.6 Å². The van der Waals surface area contributed by atoms with Gasteiger partial charge in [-0.2, -0.15) is 0 Å². The number of ether oxygens (including phenoxy) is 1. The Morgan fingerprint density at radius 3 is 2.33 bits per heavy atom. The van der Waals surface area contributed by atoms with E-state index in [1.807, 2.05) is 6.92 Å². The number of carboxylic acid groups (broad SMARTS) is 1. The number of hydrogen-bond donors (Lipinski definition) is 3. The molecule has 0 aromatic heterocycles. The van der Waals surface area contributed by atoms with Gasteiger partial charge in [0.15, 0.2) is 0 Å². The Morgan fingerprint density at radius 2 is 1.86 bits per heavy atom. The number of nitrogens with one attached hydrogen (secondary N) is 2. The Morgan fingerprint density at radius 1 is 1.29 bits per heavy atom. The Kier molecular flexibility index (Phi) is 6.91. The van der Waals surface area contributed by atoms with E-state index in [1.54, 1.807) is 0 Å². The molecule has 0 aromatic carbocycles. The summed E-state index contributed by atoms with van der Waals surface area (Å²) < 4.78 is 5.18. The molecule has 1 rings (SSSR count). The van der Waals surface area contributed by atoms with Gasteiger partial charge in [-0.15, -0.1) is 0 Å². The molecule has 7 heteroatoms. The molecular weight excluding hydrogens is 274 g/mol. The van der Waals surface area contributed by atoms with Gasteiger partial charge in [0.25, 0.3) is 0 Å². The van der Waals surface area contributed by atoms with Crippen molar-refractivity contribution in [3.8, 4) is 0 Å². The van der Waals surface area contributed by atoms with Crippen molar-refractivity contribution in [2.45, 2.75) is 45.2 Å². The minimum absolute atomic E-state index is 0.0458. The fraction of sp³-hybridized carbons (Fsp3) is 0.857. The molecule has 1 heterocycles. The zero-order valence-corrected chi connectivity index (χ0v) is 13.1. The number of carbonyl (C=O) groups excluding carboxylic acids is 1. The van der Waals surface area contributed by atoms with Crippen molar-refractivity contribution in [3.05, 3.63) is 0 Å². The van der Waals surface area contributed by atoms with Crippen LogP contribution in [0.2, 0.25) is 0 Å². The number of hydrogen-bond acceptors (Lipinski definition) is 4. The summed E-state index contributed by atoms with van der Waals surface area (Å²) in [7, 11) is 0. The molecule has 0 bridgehead atoms. The summed E-state index contributed by atoms with van der Waals surface area (Å²) in [5.74, 6) is -1.00. The fourth-order valence-electron chi connectivity index (χ4n) is 2.50. The predicted octanol–water partition coefficient (Wildman–Crippen LogP) is 0.650. The highest BCUT2D eigenvalue weighted by Crippen LogP contribution is 2.20. The number of nitrogens with zero attached hydrogens (tertiary/aromatic N) is 1. The summed E-state index contributed by atoms with van der Waals surface area (Å²) in [6, 6.07) is -0.477. The Labute approximate surface area is 126 Å².